The van der Waals surface area contributed by atoms with Crippen molar-refractivity contribution >= 4 is 23.6 Å². The molecule has 1 aromatic carbocycles. The summed E-state index contributed by atoms with van der Waals surface area (Å²) in [5, 5.41) is 14.7. The molecule has 2 unspecified atom stereocenters. The van der Waals surface area contributed by atoms with Crippen molar-refractivity contribution in [3.05, 3.63) is 29.8 Å². The van der Waals surface area contributed by atoms with Crippen molar-refractivity contribution < 1.29 is 19.5 Å². The summed E-state index contributed by atoms with van der Waals surface area (Å²) in [6.07, 6.45) is 0.594. The summed E-state index contributed by atoms with van der Waals surface area (Å²) in [7, 11) is 0. The number of nitrogens with one attached hydrogen (secondary N) is 2. The average molecular weight is 333 g/mol. The zero-order valence-corrected chi connectivity index (χ0v) is 13.9. The number of carboxylic acids is 1. The minimum absolute atomic E-state index is 0.0976. The molecule has 24 heavy (non-hydrogen) atoms. The molecule has 3 amide bonds. The molecule has 0 aliphatic carbocycles. The van der Waals surface area contributed by atoms with E-state index in [0.29, 0.717) is 25.2 Å². The lowest BCUT2D eigenvalue weighted by molar-refractivity contribution is -0.143. The maximum atomic E-state index is 12.3. The Hall–Kier alpha value is -2.57. The van der Waals surface area contributed by atoms with Crippen LogP contribution in [0.25, 0.3) is 0 Å². The number of urea groups is 1. The molecule has 1 heterocycles. The van der Waals surface area contributed by atoms with Crippen LogP contribution in [-0.4, -0.2) is 41.0 Å². The van der Waals surface area contributed by atoms with E-state index < -0.39 is 11.9 Å². The van der Waals surface area contributed by atoms with Crippen molar-refractivity contribution in [2.75, 3.05) is 18.4 Å². The van der Waals surface area contributed by atoms with Crippen LogP contribution < -0.4 is 10.6 Å². The van der Waals surface area contributed by atoms with Gasteiger partial charge in [-0.15, -0.1) is 0 Å². The van der Waals surface area contributed by atoms with Gasteiger partial charge in [0.2, 0.25) is 5.91 Å². The van der Waals surface area contributed by atoms with Crippen LogP contribution in [0, 0.1) is 11.8 Å². The van der Waals surface area contributed by atoms with E-state index >= 15 is 0 Å². The van der Waals surface area contributed by atoms with Crippen molar-refractivity contribution in [1.82, 2.24) is 10.2 Å². The van der Waals surface area contributed by atoms with Crippen LogP contribution in [0.5, 0.6) is 0 Å². The average Bonchev–Trinajstić information content (AvgIpc) is 2.53. The quantitative estimate of drug-likeness (QED) is 0.783. The second-order valence-corrected chi connectivity index (χ2v) is 6.32. The third kappa shape index (κ3) is 4.97. The first kappa shape index (κ1) is 17.8. The van der Waals surface area contributed by atoms with Crippen molar-refractivity contribution in [2.24, 2.45) is 11.8 Å². The lowest BCUT2D eigenvalue weighted by Gasteiger charge is -2.34. The van der Waals surface area contributed by atoms with Crippen molar-refractivity contribution in [2.45, 2.75) is 26.8 Å². The number of amides is 3. The fourth-order valence-electron chi connectivity index (χ4n) is 2.83. The molecule has 2 rings (SSSR count). The van der Waals surface area contributed by atoms with E-state index in [2.05, 4.69) is 10.6 Å². The Labute approximate surface area is 141 Å². The summed E-state index contributed by atoms with van der Waals surface area (Å²) in [6.45, 7) is 4.63. The fourth-order valence-corrected chi connectivity index (χ4v) is 2.83. The number of rotatable bonds is 4. The smallest absolute Gasteiger partial charge is 0.321 e. The maximum absolute atomic E-state index is 12.3. The van der Waals surface area contributed by atoms with E-state index in [0.717, 1.165) is 5.56 Å². The number of likely N-dealkylation sites (tertiary alicyclic amines) is 1. The Morgan fingerprint density at radius 2 is 1.88 bits per heavy atom. The van der Waals surface area contributed by atoms with Gasteiger partial charge in [0.25, 0.3) is 0 Å². The highest BCUT2D eigenvalue weighted by molar-refractivity contribution is 5.89. The largest absolute Gasteiger partial charge is 0.481 e. The van der Waals surface area contributed by atoms with Crippen molar-refractivity contribution in [3.8, 4) is 0 Å². The normalized spacial score (nSPS) is 20.3. The first-order valence-electron chi connectivity index (χ1n) is 7.97. The monoisotopic (exact) mass is 333 g/mol. The summed E-state index contributed by atoms with van der Waals surface area (Å²) in [5.74, 6) is -1.31. The zero-order valence-electron chi connectivity index (χ0n) is 13.9. The summed E-state index contributed by atoms with van der Waals surface area (Å²) >= 11 is 0. The van der Waals surface area contributed by atoms with Crippen molar-refractivity contribution in [3.63, 3.8) is 0 Å². The molecule has 130 valence electrons. The number of hydrogen-bond donors (Lipinski definition) is 3. The molecule has 0 spiro atoms. The summed E-state index contributed by atoms with van der Waals surface area (Å²) in [4.78, 5) is 36.0. The van der Waals surface area contributed by atoms with Gasteiger partial charge in [0.15, 0.2) is 0 Å². The topological polar surface area (TPSA) is 98.7 Å². The molecule has 0 aromatic heterocycles. The first-order chi connectivity index (χ1) is 11.3. The predicted octanol–water partition coefficient (Wildman–Crippen LogP) is 1.90. The van der Waals surface area contributed by atoms with E-state index in [9.17, 15) is 19.5 Å². The van der Waals surface area contributed by atoms with Crippen LogP contribution in [0.1, 0.15) is 25.8 Å². The predicted molar refractivity (Wildman–Crippen MR) is 89.5 cm³/mol. The highest BCUT2D eigenvalue weighted by Gasteiger charge is 2.31. The number of carbonyl (C=O) groups excluding carboxylic acids is 2. The van der Waals surface area contributed by atoms with Gasteiger partial charge in [-0.1, -0.05) is 19.1 Å². The Kier molecular flexibility index (Phi) is 5.78. The highest BCUT2D eigenvalue weighted by atomic mass is 16.4. The van der Waals surface area contributed by atoms with E-state index in [1.807, 2.05) is 19.1 Å². The summed E-state index contributed by atoms with van der Waals surface area (Å²) in [5.41, 5.74) is 1.57. The molecule has 0 radical (unpaired) electrons. The summed E-state index contributed by atoms with van der Waals surface area (Å²) in [6, 6.07) is 6.88. The zero-order chi connectivity index (χ0) is 17.7. The van der Waals surface area contributed by atoms with Crippen LogP contribution >= 0.6 is 0 Å². The molecule has 1 fully saturated rings. The lowest BCUT2D eigenvalue weighted by atomic mass is 9.91. The third-order valence-corrected chi connectivity index (χ3v) is 4.04. The van der Waals surface area contributed by atoms with Crippen LogP contribution in [0.15, 0.2) is 24.3 Å². The van der Waals surface area contributed by atoms with Crippen LogP contribution in [0.2, 0.25) is 0 Å². The number of nitrogens with zero attached hydrogens (tertiary/aromatic N) is 1. The van der Waals surface area contributed by atoms with Gasteiger partial charge in [-0.3, -0.25) is 9.59 Å². The number of benzene rings is 1. The lowest BCUT2D eigenvalue weighted by Crippen LogP contribution is -2.47. The molecular weight excluding hydrogens is 310 g/mol. The van der Waals surface area contributed by atoms with Crippen molar-refractivity contribution in [1.29, 1.82) is 0 Å². The third-order valence-electron chi connectivity index (χ3n) is 4.04. The molecule has 7 nitrogen and oxygen atoms in total. The molecule has 1 aromatic rings. The van der Waals surface area contributed by atoms with E-state index in [-0.39, 0.29) is 24.4 Å². The van der Waals surface area contributed by atoms with Gasteiger partial charge >= 0.3 is 12.0 Å². The van der Waals surface area contributed by atoms with Gasteiger partial charge in [0, 0.05) is 32.2 Å². The minimum atomic E-state index is -0.860. The number of carboxylic acid groups (broad SMARTS) is 1. The molecular formula is C17H23N3O4. The van der Waals surface area contributed by atoms with Gasteiger partial charge < -0.3 is 20.6 Å². The Morgan fingerprint density at radius 1 is 1.21 bits per heavy atom. The molecule has 1 saturated heterocycles. The highest BCUT2D eigenvalue weighted by Crippen LogP contribution is 2.22. The Bertz CT molecular complexity index is 615. The number of anilines is 1. The molecule has 3 N–H and O–H groups in total. The minimum Gasteiger partial charge on any atom is -0.481 e. The molecule has 0 bridgehead atoms. The van der Waals surface area contributed by atoms with E-state index in [1.165, 1.54) is 6.92 Å². The van der Waals surface area contributed by atoms with E-state index in [1.54, 1.807) is 17.0 Å². The van der Waals surface area contributed by atoms with E-state index in [4.69, 9.17) is 0 Å². The SMILES string of the molecule is CC(=O)NCc1ccc(NC(=O)N2CC(C)CC(C(=O)O)C2)cc1. The van der Waals surface area contributed by atoms with Crippen LogP contribution in [0.4, 0.5) is 10.5 Å². The number of piperidine rings is 1. The van der Waals surface area contributed by atoms with Gasteiger partial charge in [-0.2, -0.15) is 0 Å². The number of hydrogen-bond acceptors (Lipinski definition) is 3. The second-order valence-electron chi connectivity index (χ2n) is 6.32. The fraction of sp³-hybridized carbons (Fsp3) is 0.471. The Balaban J connectivity index is 1.93. The summed E-state index contributed by atoms with van der Waals surface area (Å²) < 4.78 is 0. The van der Waals surface area contributed by atoms with Gasteiger partial charge in [-0.25, -0.2) is 4.79 Å². The number of aliphatic carboxylic acids is 1. The van der Waals surface area contributed by atoms with Gasteiger partial charge in [0.05, 0.1) is 5.92 Å². The second kappa shape index (κ2) is 7.81. The molecule has 1 aliphatic rings. The van der Waals surface area contributed by atoms with Crippen LogP contribution in [0.3, 0.4) is 0 Å². The maximum Gasteiger partial charge on any atom is 0.321 e. The van der Waals surface area contributed by atoms with Gasteiger partial charge in [-0.05, 0) is 30.0 Å². The molecule has 2 atom stereocenters. The first-order valence-corrected chi connectivity index (χ1v) is 7.97. The standard InChI is InChI=1S/C17H23N3O4/c1-11-7-14(16(22)23)10-20(9-11)17(24)19-15-5-3-13(4-6-15)8-18-12(2)21/h3-6,11,14H,7-10H2,1-2H3,(H,18,21)(H,19,24)(H,22,23). The number of carbonyl (C=O) groups is 3. The molecule has 7 heteroatoms. The van der Waals surface area contributed by atoms with Gasteiger partial charge in [0.1, 0.15) is 0 Å². The molecule has 0 saturated carbocycles. The van der Waals surface area contributed by atoms with Crippen LogP contribution in [-0.2, 0) is 16.1 Å². The molecule has 1 aliphatic heterocycles. The Morgan fingerprint density at radius 3 is 2.46 bits per heavy atom.